The molecule has 7 aromatic rings. The quantitative estimate of drug-likeness (QED) is 0.199. The highest BCUT2D eigenvalue weighted by atomic mass is 16.6. The van der Waals surface area contributed by atoms with Crippen molar-refractivity contribution in [1.82, 2.24) is 15.0 Å². The lowest BCUT2D eigenvalue weighted by Crippen LogP contribution is -2.15. The summed E-state index contributed by atoms with van der Waals surface area (Å²) in [5.41, 5.74) is 9.79. The van der Waals surface area contributed by atoms with Crippen molar-refractivity contribution in [3.8, 4) is 79.4 Å². The Morgan fingerprint density at radius 3 is 1.60 bits per heavy atom. The number of hydrogen-bond acceptors (Lipinski definition) is 5. The summed E-state index contributed by atoms with van der Waals surface area (Å²) >= 11 is 0. The summed E-state index contributed by atoms with van der Waals surface area (Å²) in [6.45, 7) is 4.52. The number of aromatic nitrogens is 3. The third kappa shape index (κ3) is 4.59. The summed E-state index contributed by atoms with van der Waals surface area (Å²) in [7, 11) is 0. The van der Waals surface area contributed by atoms with Crippen LogP contribution in [0.25, 0.3) is 56.4 Å². The highest BCUT2D eigenvalue weighted by molar-refractivity contribution is 5.83. The maximum Gasteiger partial charge on any atom is 0.170 e. The molecule has 0 unspecified atom stereocenters. The molecule has 224 valence electrons. The molecule has 5 nitrogen and oxygen atoms in total. The number of fused-ring (bicyclic) bond motifs is 5. The number of rotatable bonds is 4. The van der Waals surface area contributed by atoms with Gasteiger partial charge in [-0.15, -0.1) is 0 Å². The Morgan fingerprint density at radius 2 is 0.872 bits per heavy atom. The van der Waals surface area contributed by atoms with E-state index in [1.54, 1.807) is 0 Å². The largest absolute Gasteiger partial charge is 0.450 e. The van der Waals surface area contributed by atoms with E-state index in [1.807, 2.05) is 66.7 Å². The second-order valence-corrected chi connectivity index (χ2v) is 12.5. The van der Waals surface area contributed by atoms with Gasteiger partial charge < -0.3 is 9.47 Å². The van der Waals surface area contributed by atoms with E-state index in [0.29, 0.717) is 34.7 Å². The molecular weight excluding hydrogens is 578 g/mol. The molecule has 0 fully saturated rings. The van der Waals surface area contributed by atoms with Crippen LogP contribution < -0.4 is 9.47 Å². The molecule has 1 aliphatic heterocycles. The van der Waals surface area contributed by atoms with Gasteiger partial charge in [-0.2, -0.15) is 0 Å². The maximum absolute atomic E-state index is 6.54. The van der Waals surface area contributed by atoms with Crippen molar-refractivity contribution in [1.29, 1.82) is 0 Å². The van der Waals surface area contributed by atoms with Crippen molar-refractivity contribution in [3.63, 3.8) is 0 Å². The van der Waals surface area contributed by atoms with E-state index in [-0.39, 0.29) is 5.41 Å². The predicted octanol–water partition coefficient (Wildman–Crippen LogP) is 10.7. The minimum absolute atomic E-state index is 0.122. The normalized spacial score (nSPS) is 13.4. The van der Waals surface area contributed by atoms with E-state index in [9.17, 15) is 0 Å². The van der Waals surface area contributed by atoms with E-state index >= 15 is 0 Å². The molecule has 5 heteroatoms. The summed E-state index contributed by atoms with van der Waals surface area (Å²) < 4.78 is 13.0. The molecule has 0 radical (unpaired) electrons. The molecule has 47 heavy (non-hydrogen) atoms. The van der Waals surface area contributed by atoms with Crippen LogP contribution in [0.1, 0.15) is 25.0 Å². The van der Waals surface area contributed by atoms with Crippen LogP contribution in [0.5, 0.6) is 23.0 Å². The molecule has 0 saturated carbocycles. The molecule has 9 rings (SSSR count). The molecule has 0 atom stereocenters. The lowest BCUT2D eigenvalue weighted by Gasteiger charge is -2.25. The lowest BCUT2D eigenvalue weighted by molar-refractivity contribution is 0.359. The van der Waals surface area contributed by atoms with Crippen molar-refractivity contribution in [2.24, 2.45) is 0 Å². The van der Waals surface area contributed by atoms with Crippen LogP contribution in [0.15, 0.2) is 140 Å². The molecule has 6 aromatic carbocycles. The fourth-order valence-corrected chi connectivity index (χ4v) is 6.71. The van der Waals surface area contributed by atoms with Gasteiger partial charge in [0.25, 0.3) is 0 Å². The summed E-state index contributed by atoms with van der Waals surface area (Å²) in [5.74, 6) is 4.46. The van der Waals surface area contributed by atoms with Gasteiger partial charge in [-0.3, -0.25) is 0 Å². The van der Waals surface area contributed by atoms with Gasteiger partial charge in [-0.05, 0) is 63.7 Å². The first-order valence-corrected chi connectivity index (χ1v) is 15.8. The fourth-order valence-electron chi connectivity index (χ4n) is 6.71. The fraction of sp³-hybridized carbons (Fsp3) is 0.0714. The van der Waals surface area contributed by atoms with Gasteiger partial charge >= 0.3 is 0 Å². The van der Waals surface area contributed by atoms with Crippen LogP contribution in [-0.2, 0) is 5.41 Å². The van der Waals surface area contributed by atoms with Crippen LogP contribution in [0, 0.1) is 0 Å². The van der Waals surface area contributed by atoms with E-state index in [2.05, 4.69) is 86.6 Å². The summed E-state index contributed by atoms with van der Waals surface area (Å²) in [5, 5.41) is 0. The van der Waals surface area contributed by atoms with Crippen LogP contribution in [0.3, 0.4) is 0 Å². The highest BCUT2D eigenvalue weighted by Gasteiger charge is 2.37. The molecule has 0 N–H and O–H groups in total. The minimum Gasteiger partial charge on any atom is -0.450 e. The Bertz CT molecular complexity index is 2310. The highest BCUT2D eigenvalue weighted by Crippen LogP contribution is 2.55. The third-order valence-electron chi connectivity index (χ3n) is 9.21. The first-order chi connectivity index (χ1) is 23.0. The summed E-state index contributed by atoms with van der Waals surface area (Å²) in [4.78, 5) is 14.8. The van der Waals surface area contributed by atoms with Crippen molar-refractivity contribution in [2.45, 2.75) is 19.3 Å². The molecule has 0 spiro atoms. The first-order valence-electron chi connectivity index (χ1n) is 15.8. The molecule has 1 aromatic heterocycles. The number of hydrogen-bond donors (Lipinski definition) is 0. The van der Waals surface area contributed by atoms with Crippen molar-refractivity contribution in [2.75, 3.05) is 0 Å². The van der Waals surface area contributed by atoms with Crippen LogP contribution in [0.4, 0.5) is 0 Å². The van der Waals surface area contributed by atoms with Gasteiger partial charge in [0, 0.05) is 22.1 Å². The number of nitrogens with zero attached hydrogens (tertiary/aromatic N) is 3. The van der Waals surface area contributed by atoms with E-state index < -0.39 is 0 Å². The van der Waals surface area contributed by atoms with Crippen molar-refractivity contribution >= 4 is 0 Å². The molecule has 1 aliphatic carbocycles. The average Bonchev–Trinajstić information content (AvgIpc) is 3.35. The molecule has 2 heterocycles. The SMILES string of the molecule is CC1(C)c2ccccc2-c2cc3c(cc21)Oc1ccc(-c2nc(-c4ccccc4)nc(-c4ccc(-c5ccccc5)cc4)n2)cc1O3. The number of ether oxygens (including phenoxy) is 2. The lowest BCUT2D eigenvalue weighted by atomic mass is 9.82. The van der Waals surface area contributed by atoms with Crippen molar-refractivity contribution < 1.29 is 9.47 Å². The first kappa shape index (κ1) is 27.3. The predicted molar refractivity (Wildman–Crippen MR) is 186 cm³/mol. The molecular formula is C42H29N3O2. The minimum atomic E-state index is -0.122. The van der Waals surface area contributed by atoms with Gasteiger partial charge in [0.1, 0.15) is 0 Å². The second-order valence-electron chi connectivity index (χ2n) is 12.5. The standard InChI is InChI=1S/C42H29N3O2/c1-42(2)33-16-10-9-15-31(33)32-24-37-38(25-34(32)42)46-35-22-21-30(23-36(35)47-37)41-44-39(28-13-7-4-8-14-28)43-40(45-41)29-19-17-27(18-20-29)26-11-5-3-6-12-26/h3-25H,1-2H3. The van der Waals surface area contributed by atoms with Gasteiger partial charge in [0.15, 0.2) is 40.5 Å². The van der Waals surface area contributed by atoms with Gasteiger partial charge in [0.05, 0.1) is 0 Å². The third-order valence-corrected chi connectivity index (χ3v) is 9.21. The molecule has 0 bridgehead atoms. The van der Waals surface area contributed by atoms with E-state index in [1.165, 1.54) is 22.3 Å². The Kier molecular flexibility index (Phi) is 6.09. The van der Waals surface area contributed by atoms with Crippen LogP contribution in [0.2, 0.25) is 0 Å². The van der Waals surface area contributed by atoms with Crippen LogP contribution >= 0.6 is 0 Å². The summed E-state index contributed by atoms with van der Waals surface area (Å²) in [6, 6.07) is 47.4. The zero-order chi connectivity index (χ0) is 31.5. The van der Waals surface area contributed by atoms with Gasteiger partial charge in [0.2, 0.25) is 0 Å². The number of benzene rings is 6. The maximum atomic E-state index is 6.54. The van der Waals surface area contributed by atoms with E-state index in [0.717, 1.165) is 33.6 Å². The van der Waals surface area contributed by atoms with Crippen molar-refractivity contribution in [3.05, 3.63) is 151 Å². The molecule has 0 amide bonds. The monoisotopic (exact) mass is 607 g/mol. The Hall–Kier alpha value is -6.07. The second kappa shape index (κ2) is 10.5. The molecule has 2 aliphatic rings. The van der Waals surface area contributed by atoms with E-state index in [4.69, 9.17) is 24.4 Å². The smallest absolute Gasteiger partial charge is 0.170 e. The Morgan fingerprint density at radius 1 is 0.383 bits per heavy atom. The topological polar surface area (TPSA) is 57.1 Å². The zero-order valence-corrected chi connectivity index (χ0v) is 25.9. The van der Waals surface area contributed by atoms with Gasteiger partial charge in [-0.25, -0.2) is 15.0 Å². The Labute approximate surface area is 273 Å². The Balaban J connectivity index is 1.10. The van der Waals surface area contributed by atoms with Crippen LogP contribution in [-0.4, -0.2) is 15.0 Å². The molecule has 0 saturated heterocycles. The summed E-state index contributed by atoms with van der Waals surface area (Å²) in [6.07, 6.45) is 0. The average molecular weight is 608 g/mol. The van der Waals surface area contributed by atoms with Gasteiger partial charge in [-0.1, -0.05) is 123 Å². The zero-order valence-electron chi connectivity index (χ0n) is 25.9.